The Labute approximate surface area is 101 Å². The van der Waals surface area contributed by atoms with Crippen LogP contribution in [-0.2, 0) is 11.0 Å². The molecule has 1 rings (SSSR count). The molecule has 3 nitrogen and oxygen atoms in total. The second-order valence-corrected chi connectivity index (χ2v) is 3.32. The van der Waals surface area contributed by atoms with E-state index in [9.17, 15) is 18.0 Å². The molecule has 2 N–H and O–H groups in total. The van der Waals surface area contributed by atoms with Crippen LogP contribution in [0.25, 0.3) is 6.08 Å². The number of hydrogen-bond acceptors (Lipinski definition) is 2. The van der Waals surface area contributed by atoms with Crippen molar-refractivity contribution >= 4 is 12.0 Å². The maximum absolute atomic E-state index is 12.4. The van der Waals surface area contributed by atoms with Gasteiger partial charge in [0, 0.05) is 6.08 Å². The fraction of sp³-hybridized carbons (Fsp3) is 0.0833. The van der Waals surface area contributed by atoms with Crippen molar-refractivity contribution in [2.45, 2.75) is 6.18 Å². The molecule has 0 aliphatic heterocycles. The smallest absolute Gasteiger partial charge is 0.288 e. The highest BCUT2D eigenvalue weighted by Crippen LogP contribution is 2.29. The number of alkyl halides is 3. The average molecular weight is 257 g/mol. The van der Waals surface area contributed by atoms with Crippen LogP contribution in [0.4, 0.5) is 13.2 Å². The summed E-state index contributed by atoms with van der Waals surface area (Å²) in [6.07, 6.45) is 0.757. The molecule has 0 aliphatic carbocycles. The molecule has 96 valence electrons. The highest BCUT2D eigenvalue weighted by molar-refractivity contribution is 5.86. The number of carbonyl (C=O) groups excluding carboxylic acids is 1. The van der Waals surface area contributed by atoms with Gasteiger partial charge >= 0.3 is 6.18 Å². The monoisotopic (exact) mass is 257 g/mol. The molecule has 1 amide bonds. The summed E-state index contributed by atoms with van der Waals surface area (Å²) >= 11 is 0. The molecule has 6 heteroatoms. The Bertz CT molecular complexity index is 478. The highest BCUT2D eigenvalue weighted by atomic mass is 19.4. The molecule has 0 fully saturated rings. The van der Waals surface area contributed by atoms with Gasteiger partial charge in [-0.15, -0.1) is 0 Å². The normalized spacial score (nSPS) is 12.2. The van der Waals surface area contributed by atoms with E-state index in [1.165, 1.54) is 35.8 Å². The summed E-state index contributed by atoms with van der Waals surface area (Å²) < 4.78 is 37.2. The first-order valence-electron chi connectivity index (χ1n) is 4.89. The number of halogens is 3. The van der Waals surface area contributed by atoms with Crippen molar-refractivity contribution in [2.24, 2.45) is 0 Å². The molecule has 0 unspecified atom stereocenters. The van der Waals surface area contributed by atoms with E-state index in [0.29, 0.717) is 5.56 Å². The van der Waals surface area contributed by atoms with Gasteiger partial charge in [-0.05, 0) is 17.7 Å². The number of nitrogens with one attached hydrogen (secondary N) is 1. The Balaban J connectivity index is 2.77. The van der Waals surface area contributed by atoms with Gasteiger partial charge in [0.15, 0.2) is 0 Å². The van der Waals surface area contributed by atoms with Crippen LogP contribution in [0, 0.1) is 0 Å². The van der Waals surface area contributed by atoms with Gasteiger partial charge < -0.3 is 0 Å². The highest BCUT2D eigenvalue weighted by Gasteiger charge is 2.30. The van der Waals surface area contributed by atoms with Gasteiger partial charge in [-0.2, -0.15) is 13.2 Å². The molecule has 1 aromatic carbocycles. The standard InChI is InChI=1S/C12H10F3NO2/c13-12(14,15)10-6-3-5-9(8-10)4-1-2-7-11(17)16-18/h1-8,18H,(H,16,17)/b4-1+,7-2+. The number of allylic oxidation sites excluding steroid dienone is 2. The fourth-order valence-corrected chi connectivity index (χ4v) is 1.17. The minimum atomic E-state index is -4.38. The zero-order valence-corrected chi connectivity index (χ0v) is 9.11. The van der Waals surface area contributed by atoms with Gasteiger partial charge in [0.2, 0.25) is 0 Å². The zero-order valence-electron chi connectivity index (χ0n) is 9.11. The first-order chi connectivity index (χ1) is 8.43. The molecule has 1 aromatic rings. The molecule has 0 saturated heterocycles. The van der Waals surface area contributed by atoms with E-state index in [0.717, 1.165) is 18.2 Å². The van der Waals surface area contributed by atoms with E-state index in [1.54, 1.807) is 0 Å². The van der Waals surface area contributed by atoms with E-state index in [2.05, 4.69) is 0 Å². The lowest BCUT2D eigenvalue weighted by atomic mass is 10.1. The molecule has 0 spiro atoms. The average Bonchev–Trinajstić information content (AvgIpc) is 2.33. The van der Waals surface area contributed by atoms with Crippen molar-refractivity contribution < 1.29 is 23.2 Å². The number of hydrogen-bond donors (Lipinski definition) is 2. The van der Waals surface area contributed by atoms with E-state index in [4.69, 9.17) is 5.21 Å². The molecular weight excluding hydrogens is 247 g/mol. The third kappa shape index (κ3) is 4.42. The maximum atomic E-state index is 12.4. The first kappa shape index (κ1) is 14.0. The van der Waals surface area contributed by atoms with Gasteiger partial charge in [0.05, 0.1) is 5.56 Å². The van der Waals surface area contributed by atoms with Crippen LogP contribution in [0.5, 0.6) is 0 Å². The maximum Gasteiger partial charge on any atom is 0.416 e. The van der Waals surface area contributed by atoms with Crippen molar-refractivity contribution in [2.75, 3.05) is 0 Å². The minimum absolute atomic E-state index is 0.360. The van der Waals surface area contributed by atoms with Crippen LogP contribution in [0.2, 0.25) is 0 Å². The first-order valence-corrected chi connectivity index (χ1v) is 4.89. The quantitative estimate of drug-likeness (QED) is 0.378. The number of carbonyl (C=O) groups is 1. The van der Waals surface area contributed by atoms with Crippen molar-refractivity contribution in [3.05, 3.63) is 53.6 Å². The van der Waals surface area contributed by atoms with Crippen LogP contribution in [0.3, 0.4) is 0 Å². The lowest BCUT2D eigenvalue weighted by molar-refractivity contribution is -0.137. The fourth-order valence-electron chi connectivity index (χ4n) is 1.17. The summed E-state index contributed by atoms with van der Waals surface area (Å²) in [5.74, 6) is -0.719. The molecule has 0 heterocycles. The molecule has 0 radical (unpaired) electrons. The summed E-state index contributed by atoms with van der Waals surface area (Å²) in [4.78, 5) is 10.6. The van der Waals surface area contributed by atoms with Crippen LogP contribution < -0.4 is 5.48 Å². The van der Waals surface area contributed by atoms with Crippen LogP contribution in [0.15, 0.2) is 42.5 Å². The molecule has 0 atom stereocenters. The van der Waals surface area contributed by atoms with Crippen LogP contribution in [-0.4, -0.2) is 11.1 Å². The second-order valence-electron chi connectivity index (χ2n) is 3.32. The third-order valence-electron chi connectivity index (χ3n) is 1.97. The van der Waals surface area contributed by atoms with Gasteiger partial charge in [-0.25, -0.2) is 5.48 Å². The van der Waals surface area contributed by atoms with Gasteiger partial charge in [0.25, 0.3) is 5.91 Å². The second kappa shape index (κ2) is 6.02. The Morgan fingerprint density at radius 1 is 1.28 bits per heavy atom. The predicted molar refractivity (Wildman–Crippen MR) is 59.5 cm³/mol. The van der Waals surface area contributed by atoms with Gasteiger partial charge in [-0.3, -0.25) is 10.0 Å². The molecule has 18 heavy (non-hydrogen) atoms. The Morgan fingerprint density at radius 3 is 2.61 bits per heavy atom. The largest absolute Gasteiger partial charge is 0.416 e. The summed E-state index contributed by atoms with van der Waals surface area (Å²) in [7, 11) is 0. The summed E-state index contributed by atoms with van der Waals surface area (Å²) in [5.41, 5.74) is 1.01. The van der Waals surface area contributed by atoms with E-state index in [-0.39, 0.29) is 0 Å². The summed E-state index contributed by atoms with van der Waals surface area (Å²) in [5, 5.41) is 8.18. The van der Waals surface area contributed by atoms with Crippen molar-refractivity contribution in [3.8, 4) is 0 Å². The molecule has 0 saturated carbocycles. The topological polar surface area (TPSA) is 49.3 Å². The predicted octanol–water partition coefficient (Wildman–Crippen LogP) is 2.78. The summed E-state index contributed by atoms with van der Waals surface area (Å²) in [6, 6.07) is 4.78. The molecule has 0 aromatic heterocycles. The number of benzene rings is 1. The zero-order chi connectivity index (χ0) is 13.6. The Kier molecular flexibility index (Phi) is 4.67. The summed E-state index contributed by atoms with van der Waals surface area (Å²) in [6.45, 7) is 0. The lowest BCUT2D eigenvalue weighted by Gasteiger charge is -2.06. The Morgan fingerprint density at radius 2 is 2.00 bits per heavy atom. The minimum Gasteiger partial charge on any atom is -0.288 e. The number of amides is 1. The van der Waals surface area contributed by atoms with Crippen molar-refractivity contribution in [1.82, 2.24) is 5.48 Å². The van der Waals surface area contributed by atoms with Crippen LogP contribution >= 0.6 is 0 Å². The van der Waals surface area contributed by atoms with E-state index >= 15 is 0 Å². The lowest BCUT2D eigenvalue weighted by Crippen LogP contribution is -2.14. The molecular formula is C12H10F3NO2. The van der Waals surface area contributed by atoms with Crippen LogP contribution in [0.1, 0.15) is 11.1 Å². The van der Waals surface area contributed by atoms with E-state index < -0.39 is 17.6 Å². The van der Waals surface area contributed by atoms with Gasteiger partial charge in [0.1, 0.15) is 0 Å². The third-order valence-corrected chi connectivity index (χ3v) is 1.97. The van der Waals surface area contributed by atoms with Gasteiger partial charge in [-0.1, -0.05) is 30.4 Å². The SMILES string of the molecule is O=C(/C=C/C=C/c1cccc(C(F)(F)F)c1)NO. The van der Waals surface area contributed by atoms with Crippen molar-refractivity contribution in [1.29, 1.82) is 0 Å². The molecule has 0 aliphatic rings. The number of rotatable bonds is 3. The van der Waals surface area contributed by atoms with Crippen molar-refractivity contribution in [3.63, 3.8) is 0 Å². The molecule has 0 bridgehead atoms. The van der Waals surface area contributed by atoms with E-state index in [1.807, 2.05) is 0 Å². The number of hydroxylamine groups is 1. The Hall–Kier alpha value is -2.08.